The Balaban J connectivity index is 0.00000461. The van der Waals surface area contributed by atoms with E-state index in [1.807, 2.05) is 29.2 Å². The summed E-state index contributed by atoms with van der Waals surface area (Å²) < 4.78 is 16.7. The van der Waals surface area contributed by atoms with Crippen LogP contribution in [0, 0.1) is 5.92 Å². The fraction of sp³-hybridized carbons (Fsp3) is 0.424. The van der Waals surface area contributed by atoms with Gasteiger partial charge in [0.25, 0.3) is 5.91 Å². The molecular weight excluding hydrogens is 639 g/mol. The number of carbonyl (C=O) groups is 2. The molecule has 12 heteroatoms. The fourth-order valence-electron chi connectivity index (χ4n) is 7.71. The van der Waals surface area contributed by atoms with Crippen molar-refractivity contribution in [1.29, 1.82) is 0 Å². The van der Waals surface area contributed by atoms with E-state index in [4.69, 9.17) is 43.1 Å². The van der Waals surface area contributed by atoms with Gasteiger partial charge < -0.3 is 30.2 Å². The van der Waals surface area contributed by atoms with E-state index in [0.29, 0.717) is 51.4 Å². The number of rotatable bonds is 9. The number of methoxy groups -OCH3 is 3. The van der Waals surface area contributed by atoms with Gasteiger partial charge in [0.2, 0.25) is 11.7 Å². The normalized spacial score (nSPS) is 24.4. The zero-order valence-corrected chi connectivity index (χ0v) is 28.1. The van der Waals surface area contributed by atoms with Crippen LogP contribution in [0.4, 0.5) is 0 Å². The number of nitrogens with zero attached hydrogens (tertiary/aromatic N) is 2. The van der Waals surface area contributed by atoms with Crippen molar-refractivity contribution >= 4 is 47.4 Å². The highest BCUT2D eigenvalue weighted by molar-refractivity contribution is 6.42. The van der Waals surface area contributed by atoms with Gasteiger partial charge in [0.05, 0.1) is 42.3 Å². The lowest BCUT2D eigenvalue weighted by Gasteiger charge is -2.61. The molecule has 2 aliphatic rings. The summed E-state index contributed by atoms with van der Waals surface area (Å²) in [5, 5.41) is 4.25. The number of halogens is 3. The van der Waals surface area contributed by atoms with Crippen LogP contribution in [0.15, 0.2) is 54.9 Å². The maximum absolute atomic E-state index is 14.9. The third-order valence-electron chi connectivity index (χ3n) is 9.61. The predicted molar refractivity (Wildman–Crippen MR) is 177 cm³/mol. The molecule has 242 valence electrons. The second-order valence-electron chi connectivity index (χ2n) is 11.3. The quantitative estimate of drug-likeness (QED) is 0.301. The summed E-state index contributed by atoms with van der Waals surface area (Å²) in [6.45, 7) is 3.78. The molecule has 2 aromatic carbocycles. The van der Waals surface area contributed by atoms with Gasteiger partial charge >= 0.3 is 0 Å². The molecule has 3 heterocycles. The van der Waals surface area contributed by atoms with Crippen LogP contribution in [-0.4, -0.2) is 68.2 Å². The Labute approximate surface area is 280 Å². The first-order valence-electron chi connectivity index (χ1n) is 14.7. The molecule has 0 saturated carbocycles. The number of piperidine rings is 1. The number of benzene rings is 2. The third-order valence-corrected chi connectivity index (χ3v) is 10.3. The molecule has 2 amide bonds. The summed E-state index contributed by atoms with van der Waals surface area (Å²) in [5.74, 6) is -0.156. The number of hydrogen-bond donors (Lipinski definition) is 2. The predicted octanol–water partition coefficient (Wildman–Crippen LogP) is 5.65. The molecule has 2 fully saturated rings. The van der Waals surface area contributed by atoms with E-state index in [1.165, 1.54) is 21.3 Å². The van der Waals surface area contributed by atoms with Crippen molar-refractivity contribution in [2.24, 2.45) is 11.7 Å². The smallest absolute Gasteiger partial charge is 0.254 e. The fourth-order valence-corrected chi connectivity index (χ4v) is 8.01. The van der Waals surface area contributed by atoms with E-state index in [1.54, 1.807) is 30.6 Å². The van der Waals surface area contributed by atoms with Crippen molar-refractivity contribution in [2.45, 2.75) is 43.1 Å². The second-order valence-corrected chi connectivity index (χ2v) is 12.2. The van der Waals surface area contributed by atoms with Crippen molar-refractivity contribution in [3.05, 3.63) is 81.6 Å². The average Bonchev–Trinajstić information content (AvgIpc) is 3.60. The molecule has 3 N–H and O–H groups in total. The van der Waals surface area contributed by atoms with Gasteiger partial charge in [-0.1, -0.05) is 42.3 Å². The number of primary amides is 1. The van der Waals surface area contributed by atoms with E-state index < -0.39 is 22.8 Å². The number of likely N-dealkylation sites (tertiary alicyclic amines) is 1. The highest BCUT2D eigenvalue weighted by Crippen LogP contribution is 2.58. The van der Waals surface area contributed by atoms with Gasteiger partial charge in [-0.25, -0.2) is 0 Å². The molecule has 2 saturated heterocycles. The molecule has 3 aromatic rings. The number of nitrogens with two attached hydrogens (primary N) is 1. The van der Waals surface area contributed by atoms with Crippen molar-refractivity contribution in [3.8, 4) is 17.2 Å². The van der Waals surface area contributed by atoms with Gasteiger partial charge in [-0.05, 0) is 73.2 Å². The second kappa shape index (κ2) is 14.0. The monoisotopic (exact) mass is 676 g/mol. The van der Waals surface area contributed by atoms with Gasteiger partial charge in [-0.2, -0.15) is 0 Å². The zero-order valence-electron chi connectivity index (χ0n) is 25.8. The van der Waals surface area contributed by atoms with Gasteiger partial charge in [0, 0.05) is 37.0 Å². The SMILES string of the molecule is CCC1(C2CCNC2)C(c2ccc(Cl)c(Cl)c2)C(C(N)=O)(c2cccnc2)CCN1C(=O)c1cc(OC)c(OC)c(OC)c1.Cl. The number of pyridine rings is 1. The Morgan fingerprint density at radius 2 is 1.78 bits per heavy atom. The first-order chi connectivity index (χ1) is 21.2. The average molecular weight is 678 g/mol. The van der Waals surface area contributed by atoms with Crippen LogP contribution in [0.1, 0.15) is 53.6 Å². The topological polar surface area (TPSA) is 116 Å². The van der Waals surface area contributed by atoms with E-state index in [-0.39, 0.29) is 37.2 Å². The van der Waals surface area contributed by atoms with Crippen molar-refractivity contribution < 1.29 is 23.8 Å². The molecule has 4 unspecified atom stereocenters. The Hall–Kier alpha value is -3.24. The number of amides is 2. The lowest BCUT2D eigenvalue weighted by Crippen LogP contribution is -2.70. The first kappa shape index (κ1) is 34.6. The Morgan fingerprint density at radius 3 is 2.29 bits per heavy atom. The molecule has 0 aliphatic carbocycles. The van der Waals surface area contributed by atoms with Gasteiger partial charge in [0.15, 0.2) is 11.5 Å². The van der Waals surface area contributed by atoms with Crippen LogP contribution in [0.2, 0.25) is 10.0 Å². The Kier molecular flexibility index (Phi) is 10.8. The van der Waals surface area contributed by atoms with E-state index in [0.717, 1.165) is 18.5 Å². The lowest BCUT2D eigenvalue weighted by atomic mass is 9.51. The maximum Gasteiger partial charge on any atom is 0.254 e. The van der Waals surface area contributed by atoms with Crippen LogP contribution in [0.25, 0.3) is 0 Å². The number of ether oxygens (including phenoxy) is 3. The van der Waals surface area contributed by atoms with Crippen molar-refractivity contribution in [2.75, 3.05) is 41.0 Å². The van der Waals surface area contributed by atoms with Crippen LogP contribution in [-0.2, 0) is 10.2 Å². The molecule has 2 aliphatic heterocycles. The molecule has 5 rings (SSSR count). The van der Waals surface area contributed by atoms with Crippen molar-refractivity contribution in [1.82, 2.24) is 15.2 Å². The molecule has 0 bridgehead atoms. The molecular formula is C33H39Cl3N4O5. The first-order valence-corrected chi connectivity index (χ1v) is 15.4. The van der Waals surface area contributed by atoms with Crippen LogP contribution in [0.5, 0.6) is 17.2 Å². The lowest BCUT2D eigenvalue weighted by molar-refractivity contribution is -0.131. The number of aromatic nitrogens is 1. The molecule has 45 heavy (non-hydrogen) atoms. The summed E-state index contributed by atoms with van der Waals surface area (Å²) in [6.07, 6.45) is 4.99. The molecule has 1 aromatic heterocycles. The summed E-state index contributed by atoms with van der Waals surface area (Å²) in [7, 11) is 4.55. The largest absolute Gasteiger partial charge is 0.493 e. The number of carbonyl (C=O) groups excluding carboxylic acids is 2. The minimum Gasteiger partial charge on any atom is -0.493 e. The van der Waals surface area contributed by atoms with Gasteiger partial charge in [0.1, 0.15) is 0 Å². The van der Waals surface area contributed by atoms with Gasteiger partial charge in [-0.3, -0.25) is 14.6 Å². The Bertz CT molecular complexity index is 1510. The molecule has 0 radical (unpaired) electrons. The molecule has 4 atom stereocenters. The summed E-state index contributed by atoms with van der Waals surface area (Å²) >= 11 is 13.0. The van der Waals surface area contributed by atoms with E-state index >= 15 is 0 Å². The van der Waals surface area contributed by atoms with Crippen molar-refractivity contribution in [3.63, 3.8) is 0 Å². The minimum absolute atomic E-state index is 0. The highest BCUT2D eigenvalue weighted by atomic mass is 35.5. The zero-order chi connectivity index (χ0) is 31.6. The number of nitrogens with one attached hydrogen (secondary N) is 1. The molecule has 0 spiro atoms. The van der Waals surface area contributed by atoms with Crippen LogP contribution >= 0.6 is 35.6 Å². The third kappa shape index (κ3) is 5.69. The van der Waals surface area contributed by atoms with Crippen LogP contribution < -0.4 is 25.3 Å². The standard InChI is InChI=1S/C33H38Cl2N4O5.ClH/c1-5-33(23-10-13-38-19-23)29(20-8-9-24(34)25(35)15-20)32(31(36)41,22-7-6-12-37-18-22)11-14-39(33)30(40)21-16-26(42-2)28(44-4)27(17-21)43-3;/h6-9,12,15-18,23,29,38H,5,10-11,13-14,19H2,1-4H3,(H2,36,41);1H. The molecule has 9 nitrogen and oxygen atoms in total. The summed E-state index contributed by atoms with van der Waals surface area (Å²) in [6, 6.07) is 12.5. The van der Waals surface area contributed by atoms with Crippen LogP contribution in [0.3, 0.4) is 0 Å². The number of hydrogen-bond acceptors (Lipinski definition) is 7. The van der Waals surface area contributed by atoms with E-state index in [2.05, 4.69) is 17.2 Å². The van der Waals surface area contributed by atoms with E-state index in [9.17, 15) is 9.59 Å². The summed E-state index contributed by atoms with van der Waals surface area (Å²) in [4.78, 5) is 35.2. The summed E-state index contributed by atoms with van der Waals surface area (Å²) in [5.41, 5.74) is 6.24. The van der Waals surface area contributed by atoms with Gasteiger partial charge in [-0.15, -0.1) is 12.4 Å². The maximum atomic E-state index is 14.9. The minimum atomic E-state index is -1.20. The Morgan fingerprint density at radius 1 is 1.07 bits per heavy atom. The highest BCUT2D eigenvalue weighted by Gasteiger charge is 2.64.